The average Bonchev–Trinajstić information content (AvgIpc) is 3.53. The molecule has 0 aromatic carbocycles. The Morgan fingerprint density at radius 1 is 0.889 bits per heavy atom. The van der Waals surface area contributed by atoms with E-state index in [0.717, 1.165) is 68.8 Å². The topological polar surface area (TPSA) is 121 Å². The van der Waals surface area contributed by atoms with Crippen LogP contribution in [0.15, 0.2) is 79.7 Å². The van der Waals surface area contributed by atoms with Gasteiger partial charge >= 0.3 is 0 Å². The van der Waals surface area contributed by atoms with Crippen LogP contribution in [0.2, 0.25) is 0 Å². The fourth-order valence-corrected chi connectivity index (χ4v) is 4.21. The Morgan fingerprint density at radius 2 is 1.75 bits per heavy atom. The number of pyridine rings is 4. The highest BCUT2D eigenvalue weighted by molar-refractivity contribution is 5.95. The van der Waals surface area contributed by atoms with E-state index in [2.05, 4.69) is 49.0 Å². The highest BCUT2D eigenvalue weighted by Crippen LogP contribution is 2.31. The molecule has 0 amide bonds. The van der Waals surface area contributed by atoms with Crippen LogP contribution in [0.1, 0.15) is 19.8 Å². The molecule has 3 N–H and O–H groups in total. The van der Waals surface area contributed by atoms with Gasteiger partial charge in [0.15, 0.2) is 11.5 Å². The molecule has 0 unspecified atom stereocenters. The van der Waals surface area contributed by atoms with E-state index in [-0.39, 0.29) is 0 Å². The molecule has 0 saturated carbocycles. The van der Waals surface area contributed by atoms with Gasteiger partial charge in [0.05, 0.1) is 34.3 Å². The van der Waals surface area contributed by atoms with E-state index in [4.69, 9.17) is 9.97 Å². The smallest absolute Gasteiger partial charge is 0.161 e. The van der Waals surface area contributed by atoms with Crippen LogP contribution in [0.3, 0.4) is 0 Å². The van der Waals surface area contributed by atoms with Gasteiger partial charge < -0.3 is 10.3 Å². The van der Waals surface area contributed by atoms with Crippen molar-refractivity contribution in [3.8, 4) is 34.0 Å². The van der Waals surface area contributed by atoms with Gasteiger partial charge in [-0.2, -0.15) is 5.10 Å². The Kier molecular flexibility index (Phi) is 5.42. The van der Waals surface area contributed by atoms with Crippen molar-refractivity contribution in [1.29, 1.82) is 0 Å². The number of nitrogens with zero attached hydrogens (tertiary/aromatic N) is 6. The molecule has 36 heavy (non-hydrogen) atoms. The molecule has 6 aromatic rings. The number of aromatic nitrogens is 8. The summed E-state index contributed by atoms with van der Waals surface area (Å²) < 4.78 is 0. The highest BCUT2D eigenvalue weighted by Gasteiger charge is 2.17. The molecule has 0 radical (unpaired) electrons. The number of rotatable bonds is 7. The molecule has 0 atom stereocenters. The minimum absolute atomic E-state index is 0.619. The van der Waals surface area contributed by atoms with Gasteiger partial charge in [0, 0.05) is 41.6 Å². The Hall–Kier alpha value is -4.92. The zero-order valence-corrected chi connectivity index (χ0v) is 19.7. The van der Waals surface area contributed by atoms with Crippen LogP contribution in [0, 0.1) is 0 Å². The first-order valence-corrected chi connectivity index (χ1v) is 11.7. The van der Waals surface area contributed by atoms with Crippen LogP contribution < -0.4 is 5.32 Å². The summed E-state index contributed by atoms with van der Waals surface area (Å²) in [5.74, 6) is 0.619. The van der Waals surface area contributed by atoms with E-state index >= 15 is 0 Å². The summed E-state index contributed by atoms with van der Waals surface area (Å²) in [4.78, 5) is 26.2. The lowest BCUT2D eigenvalue weighted by molar-refractivity contribution is 0.913. The van der Waals surface area contributed by atoms with Crippen molar-refractivity contribution < 1.29 is 0 Å². The van der Waals surface area contributed by atoms with Crippen LogP contribution in [0.25, 0.3) is 56.1 Å². The maximum absolute atomic E-state index is 4.92. The number of allylic oxidation sites excluding steroid dienone is 1. The first-order chi connectivity index (χ1) is 17.7. The quantitative estimate of drug-likeness (QED) is 0.270. The van der Waals surface area contributed by atoms with Crippen molar-refractivity contribution in [3.63, 3.8) is 0 Å². The van der Waals surface area contributed by atoms with E-state index in [1.165, 1.54) is 0 Å². The summed E-state index contributed by atoms with van der Waals surface area (Å²) in [5, 5.41) is 10.9. The Morgan fingerprint density at radius 3 is 2.61 bits per heavy atom. The number of hydrogen-bond donors (Lipinski definition) is 3. The molecule has 6 aromatic heterocycles. The third kappa shape index (κ3) is 3.96. The molecular weight excluding hydrogens is 450 g/mol. The maximum Gasteiger partial charge on any atom is 0.161 e. The normalized spacial score (nSPS) is 11.2. The van der Waals surface area contributed by atoms with Gasteiger partial charge in [-0.3, -0.25) is 20.1 Å². The Balaban J connectivity index is 1.40. The molecule has 176 valence electrons. The summed E-state index contributed by atoms with van der Waals surface area (Å²) in [6, 6.07) is 11.7. The number of hydrogen-bond acceptors (Lipinski definition) is 7. The van der Waals surface area contributed by atoms with E-state index in [9.17, 15) is 0 Å². The van der Waals surface area contributed by atoms with E-state index in [1.807, 2.05) is 36.4 Å². The largest absolute Gasteiger partial charge is 0.358 e. The number of anilines is 1. The second kappa shape index (κ2) is 9.03. The molecular formula is C27H23N9. The van der Waals surface area contributed by atoms with Crippen molar-refractivity contribution in [2.24, 2.45) is 0 Å². The van der Waals surface area contributed by atoms with Crippen LogP contribution >= 0.6 is 0 Å². The van der Waals surface area contributed by atoms with Crippen LogP contribution in [-0.4, -0.2) is 40.1 Å². The minimum atomic E-state index is 0.619. The summed E-state index contributed by atoms with van der Waals surface area (Å²) in [5.41, 5.74) is 9.08. The molecule has 9 nitrogen and oxygen atoms in total. The molecule has 0 fully saturated rings. The fraction of sp³-hybridized carbons (Fsp3) is 0.111. The van der Waals surface area contributed by atoms with E-state index in [1.54, 1.807) is 31.0 Å². The van der Waals surface area contributed by atoms with E-state index in [0.29, 0.717) is 11.5 Å². The molecule has 0 aliphatic rings. The van der Waals surface area contributed by atoms with Crippen LogP contribution in [0.4, 0.5) is 5.69 Å². The molecule has 6 heterocycles. The second-order valence-corrected chi connectivity index (χ2v) is 8.48. The van der Waals surface area contributed by atoms with Gasteiger partial charge in [0.1, 0.15) is 11.0 Å². The lowest BCUT2D eigenvalue weighted by Gasteiger charge is -2.09. The van der Waals surface area contributed by atoms with Gasteiger partial charge in [-0.05, 0) is 42.8 Å². The zero-order chi connectivity index (χ0) is 24.5. The summed E-state index contributed by atoms with van der Waals surface area (Å²) in [6.45, 7) is 6.21. The third-order valence-corrected chi connectivity index (χ3v) is 5.89. The molecule has 0 bridgehead atoms. The predicted molar refractivity (Wildman–Crippen MR) is 141 cm³/mol. The number of imidazole rings is 1. The van der Waals surface area contributed by atoms with Gasteiger partial charge in [-0.25, -0.2) is 9.97 Å². The van der Waals surface area contributed by atoms with Gasteiger partial charge in [-0.15, -0.1) is 0 Å². The zero-order valence-electron chi connectivity index (χ0n) is 19.7. The molecule has 9 heteroatoms. The second-order valence-electron chi connectivity index (χ2n) is 8.48. The maximum atomic E-state index is 4.92. The first kappa shape index (κ1) is 21.6. The molecule has 0 spiro atoms. The van der Waals surface area contributed by atoms with Gasteiger partial charge in [0.2, 0.25) is 0 Å². The summed E-state index contributed by atoms with van der Waals surface area (Å²) in [7, 11) is 0. The Labute approximate surface area is 206 Å². The Bertz CT molecular complexity index is 1700. The molecule has 0 saturated heterocycles. The predicted octanol–water partition coefficient (Wildman–Crippen LogP) is 5.75. The number of H-pyrrole nitrogens is 2. The molecule has 0 aliphatic carbocycles. The SMILES string of the molecule is C=C(CCC)Nc1cncc(-c2ccc3[nH]nc(-c4nc5c(-c6ccncc6)nccc5[nH]4)c3n2)c1. The first-order valence-electron chi connectivity index (χ1n) is 11.7. The third-order valence-electron chi connectivity index (χ3n) is 5.89. The van der Waals surface area contributed by atoms with Crippen LogP contribution in [0.5, 0.6) is 0 Å². The van der Waals surface area contributed by atoms with Crippen LogP contribution in [-0.2, 0) is 0 Å². The lowest BCUT2D eigenvalue weighted by Crippen LogP contribution is -1.98. The van der Waals surface area contributed by atoms with Crippen molar-refractivity contribution in [3.05, 3.63) is 79.7 Å². The van der Waals surface area contributed by atoms with E-state index < -0.39 is 0 Å². The van der Waals surface area contributed by atoms with Crippen molar-refractivity contribution in [2.45, 2.75) is 19.8 Å². The highest BCUT2D eigenvalue weighted by atomic mass is 15.2. The lowest BCUT2D eigenvalue weighted by atomic mass is 10.1. The average molecular weight is 474 g/mol. The van der Waals surface area contributed by atoms with Gasteiger partial charge in [-0.1, -0.05) is 19.9 Å². The monoisotopic (exact) mass is 473 g/mol. The molecule has 6 rings (SSSR count). The van der Waals surface area contributed by atoms with Crippen molar-refractivity contribution in [1.82, 2.24) is 40.1 Å². The standard InChI is InChI=1S/C27H23N9/c1-3-4-16(2)31-19-13-18(14-29-15-19)20-5-6-22-25(32-20)26(36-35-22)27-33-21-9-12-30-23(24(21)34-27)17-7-10-28-11-8-17/h5-15,31H,2-4H2,1H3,(H,33,34)(H,35,36). The summed E-state index contributed by atoms with van der Waals surface area (Å²) in [6.07, 6.45) is 10.8. The fourth-order valence-electron chi connectivity index (χ4n) is 4.21. The minimum Gasteiger partial charge on any atom is -0.358 e. The van der Waals surface area contributed by atoms with Crippen molar-refractivity contribution in [2.75, 3.05) is 5.32 Å². The number of fused-ring (bicyclic) bond motifs is 2. The van der Waals surface area contributed by atoms with Gasteiger partial charge in [0.25, 0.3) is 0 Å². The number of aromatic amines is 2. The number of nitrogens with one attached hydrogen (secondary N) is 3. The van der Waals surface area contributed by atoms with Crippen molar-refractivity contribution >= 4 is 27.8 Å². The summed E-state index contributed by atoms with van der Waals surface area (Å²) >= 11 is 0. The molecule has 0 aliphatic heterocycles.